The molecule has 1 aliphatic heterocycles. The van der Waals surface area contributed by atoms with E-state index in [2.05, 4.69) is 0 Å². The Morgan fingerprint density at radius 1 is 0.880 bits per heavy atom. The second-order valence-electron chi connectivity index (χ2n) is 5.57. The summed E-state index contributed by atoms with van der Waals surface area (Å²) in [4.78, 5) is 1.87. The van der Waals surface area contributed by atoms with Gasteiger partial charge in [-0.3, -0.25) is 0 Å². The molecule has 0 atom stereocenters. The SMILES string of the molecule is O=S(=O)(c1c(Cl)cc(Cl)cc1Cl)N1CCN(c2ccc(F)cc2)CC1. The monoisotopic (exact) mass is 422 g/mol. The summed E-state index contributed by atoms with van der Waals surface area (Å²) in [6.07, 6.45) is 0. The zero-order chi connectivity index (χ0) is 18.2. The van der Waals surface area contributed by atoms with E-state index >= 15 is 0 Å². The minimum atomic E-state index is -3.83. The molecule has 0 radical (unpaired) electrons. The number of rotatable bonds is 3. The molecule has 1 fully saturated rings. The van der Waals surface area contributed by atoms with Gasteiger partial charge in [0.2, 0.25) is 10.0 Å². The van der Waals surface area contributed by atoms with Crippen LogP contribution in [0.5, 0.6) is 0 Å². The molecule has 2 aromatic carbocycles. The molecule has 3 rings (SSSR count). The summed E-state index contributed by atoms with van der Waals surface area (Å²) in [5.41, 5.74) is 0.848. The Balaban J connectivity index is 1.79. The zero-order valence-electron chi connectivity index (χ0n) is 12.9. The molecule has 25 heavy (non-hydrogen) atoms. The third-order valence-corrected chi connectivity index (χ3v) is 7.03. The smallest absolute Gasteiger partial charge is 0.246 e. The van der Waals surface area contributed by atoms with E-state index in [-0.39, 0.29) is 38.9 Å². The van der Waals surface area contributed by atoms with Crippen LogP contribution in [0.2, 0.25) is 15.1 Å². The van der Waals surface area contributed by atoms with Gasteiger partial charge in [-0.25, -0.2) is 12.8 Å². The van der Waals surface area contributed by atoms with Gasteiger partial charge in [0, 0.05) is 36.9 Å². The molecule has 0 amide bonds. The molecular weight excluding hydrogens is 410 g/mol. The zero-order valence-corrected chi connectivity index (χ0v) is 16.0. The van der Waals surface area contributed by atoms with Crippen molar-refractivity contribution in [3.05, 3.63) is 57.3 Å². The highest BCUT2D eigenvalue weighted by molar-refractivity contribution is 7.89. The maximum Gasteiger partial charge on any atom is 0.246 e. The van der Waals surface area contributed by atoms with Gasteiger partial charge in [-0.05, 0) is 36.4 Å². The number of sulfonamides is 1. The lowest BCUT2D eigenvalue weighted by atomic mass is 10.2. The van der Waals surface area contributed by atoms with Crippen LogP contribution >= 0.6 is 34.8 Å². The number of anilines is 1. The van der Waals surface area contributed by atoms with E-state index in [0.717, 1.165) is 5.69 Å². The molecule has 0 bridgehead atoms. The first-order chi connectivity index (χ1) is 11.8. The normalized spacial score (nSPS) is 16.2. The number of halogens is 4. The second kappa shape index (κ2) is 7.29. The largest absolute Gasteiger partial charge is 0.369 e. The molecule has 1 saturated heterocycles. The van der Waals surface area contributed by atoms with Gasteiger partial charge in [-0.1, -0.05) is 34.8 Å². The Bertz CT molecular complexity index is 860. The number of piperazine rings is 1. The second-order valence-corrected chi connectivity index (χ2v) is 8.69. The first-order valence-electron chi connectivity index (χ1n) is 7.44. The van der Waals surface area contributed by atoms with Gasteiger partial charge < -0.3 is 4.90 Å². The summed E-state index contributed by atoms with van der Waals surface area (Å²) in [6.45, 7) is 1.51. The molecule has 0 aliphatic carbocycles. The topological polar surface area (TPSA) is 40.6 Å². The third-order valence-electron chi connectivity index (χ3n) is 3.99. The number of benzene rings is 2. The van der Waals surface area contributed by atoms with Crippen LogP contribution in [0.4, 0.5) is 10.1 Å². The standard InChI is InChI=1S/C16H14Cl3FN2O2S/c17-11-9-14(18)16(15(19)10-11)25(23,24)22-7-5-21(6-8-22)13-3-1-12(20)2-4-13/h1-4,9-10H,5-8H2. The molecule has 9 heteroatoms. The summed E-state index contributed by atoms with van der Waals surface area (Å²) in [7, 11) is -3.83. The Labute approximate surface area is 160 Å². The predicted molar refractivity (Wildman–Crippen MR) is 98.8 cm³/mol. The fourth-order valence-corrected chi connectivity index (χ4v) is 5.66. The molecule has 4 nitrogen and oxygen atoms in total. The average Bonchev–Trinajstić information content (AvgIpc) is 2.54. The van der Waals surface area contributed by atoms with E-state index in [1.807, 2.05) is 4.90 Å². The summed E-state index contributed by atoms with van der Waals surface area (Å²) in [5.74, 6) is -0.308. The lowest BCUT2D eigenvalue weighted by molar-refractivity contribution is 0.385. The van der Waals surface area contributed by atoms with Crippen LogP contribution in [0.1, 0.15) is 0 Å². The summed E-state index contributed by atoms with van der Waals surface area (Å²) in [5, 5.41) is 0.270. The molecule has 0 saturated carbocycles. The Morgan fingerprint density at radius 3 is 1.92 bits per heavy atom. The molecule has 0 aromatic heterocycles. The van der Waals surface area contributed by atoms with Gasteiger partial charge in [0.1, 0.15) is 10.7 Å². The van der Waals surface area contributed by atoms with Gasteiger partial charge in [0.25, 0.3) is 0 Å². The van der Waals surface area contributed by atoms with Crippen LogP contribution in [-0.4, -0.2) is 38.9 Å². The number of hydrogen-bond donors (Lipinski definition) is 0. The van der Waals surface area contributed by atoms with Crippen molar-refractivity contribution in [1.29, 1.82) is 0 Å². The van der Waals surface area contributed by atoms with Crippen molar-refractivity contribution < 1.29 is 12.8 Å². The minimum absolute atomic E-state index is 0.00142. The summed E-state index contributed by atoms with van der Waals surface area (Å²) in [6, 6.07) is 8.82. The molecule has 1 heterocycles. The van der Waals surface area contributed by atoms with Gasteiger partial charge >= 0.3 is 0 Å². The highest BCUT2D eigenvalue weighted by atomic mass is 35.5. The van der Waals surface area contributed by atoms with Gasteiger partial charge in [0.05, 0.1) is 10.0 Å². The van der Waals surface area contributed by atoms with Gasteiger partial charge in [0.15, 0.2) is 0 Å². The molecule has 0 N–H and O–H groups in total. The number of hydrogen-bond acceptors (Lipinski definition) is 3. The summed E-state index contributed by atoms with van der Waals surface area (Å²) < 4.78 is 40.1. The fourth-order valence-electron chi connectivity index (χ4n) is 2.74. The van der Waals surface area contributed by atoms with Crippen LogP contribution in [0, 0.1) is 5.82 Å². The van der Waals surface area contributed by atoms with Crippen LogP contribution < -0.4 is 4.90 Å². The van der Waals surface area contributed by atoms with Crippen molar-refractivity contribution in [3.8, 4) is 0 Å². The van der Waals surface area contributed by atoms with Crippen molar-refractivity contribution in [2.45, 2.75) is 4.90 Å². The van der Waals surface area contributed by atoms with E-state index in [4.69, 9.17) is 34.8 Å². The maximum absolute atomic E-state index is 13.0. The maximum atomic E-state index is 13.0. The molecule has 0 spiro atoms. The minimum Gasteiger partial charge on any atom is -0.369 e. The van der Waals surface area contributed by atoms with E-state index in [1.165, 1.54) is 28.6 Å². The van der Waals surface area contributed by atoms with Gasteiger partial charge in [-0.2, -0.15) is 4.31 Å². The first-order valence-corrected chi connectivity index (χ1v) is 10.0. The highest BCUT2D eigenvalue weighted by Crippen LogP contribution is 2.35. The molecular formula is C16H14Cl3FN2O2S. The predicted octanol–water partition coefficient (Wildman–Crippen LogP) is 4.30. The van der Waals surface area contributed by atoms with Crippen molar-refractivity contribution in [1.82, 2.24) is 4.31 Å². The Morgan fingerprint density at radius 2 is 1.40 bits per heavy atom. The lowest BCUT2D eigenvalue weighted by Gasteiger charge is -2.35. The van der Waals surface area contributed by atoms with Crippen LogP contribution in [-0.2, 0) is 10.0 Å². The highest BCUT2D eigenvalue weighted by Gasteiger charge is 2.32. The van der Waals surface area contributed by atoms with E-state index in [9.17, 15) is 12.8 Å². The number of nitrogens with zero attached hydrogens (tertiary/aromatic N) is 2. The summed E-state index contributed by atoms with van der Waals surface area (Å²) >= 11 is 18.0. The van der Waals surface area contributed by atoms with Crippen molar-refractivity contribution in [3.63, 3.8) is 0 Å². The van der Waals surface area contributed by atoms with Crippen LogP contribution in [0.3, 0.4) is 0 Å². The van der Waals surface area contributed by atoms with Crippen LogP contribution in [0.15, 0.2) is 41.3 Å². The Kier molecular flexibility index (Phi) is 5.46. The molecule has 134 valence electrons. The quantitative estimate of drug-likeness (QED) is 0.739. The van der Waals surface area contributed by atoms with Crippen molar-refractivity contribution in [2.24, 2.45) is 0 Å². The molecule has 1 aliphatic rings. The van der Waals surface area contributed by atoms with Crippen molar-refractivity contribution >= 4 is 50.5 Å². The fraction of sp³-hybridized carbons (Fsp3) is 0.250. The third kappa shape index (κ3) is 3.88. The first kappa shape index (κ1) is 18.7. The molecule has 2 aromatic rings. The van der Waals surface area contributed by atoms with E-state index in [0.29, 0.717) is 13.1 Å². The van der Waals surface area contributed by atoms with E-state index < -0.39 is 10.0 Å². The Hall–Kier alpha value is -1.05. The van der Waals surface area contributed by atoms with Crippen molar-refractivity contribution in [2.75, 3.05) is 31.1 Å². The average molecular weight is 424 g/mol. The lowest BCUT2D eigenvalue weighted by Crippen LogP contribution is -2.48. The van der Waals surface area contributed by atoms with Gasteiger partial charge in [-0.15, -0.1) is 0 Å². The molecule has 0 unspecified atom stereocenters. The van der Waals surface area contributed by atoms with Crippen LogP contribution in [0.25, 0.3) is 0 Å². The van der Waals surface area contributed by atoms with E-state index in [1.54, 1.807) is 12.1 Å².